The molecule has 16 nitrogen and oxygen atoms in total. The predicted molar refractivity (Wildman–Crippen MR) is 120 cm³/mol. The van der Waals surface area contributed by atoms with Crippen molar-refractivity contribution in [3.63, 3.8) is 0 Å². The molecule has 36 heavy (non-hydrogen) atoms. The molecular formula is C16H13N3O13S4. The number of nitrogens with zero attached hydrogens (tertiary/aromatic N) is 2. The molecule has 0 atom stereocenters. The van der Waals surface area contributed by atoms with Gasteiger partial charge in [-0.15, -0.1) is 22.9 Å². The molecule has 0 aromatic heterocycles. The van der Waals surface area contributed by atoms with E-state index < -0.39 is 78.2 Å². The van der Waals surface area contributed by atoms with Gasteiger partial charge in [0, 0.05) is 11.1 Å². The number of azo groups is 1. The lowest BCUT2D eigenvalue weighted by molar-refractivity contribution is 0.473. The lowest BCUT2D eigenvalue weighted by atomic mass is 10.1. The maximum Gasteiger partial charge on any atom is 0.425 e. The van der Waals surface area contributed by atoms with Crippen LogP contribution in [-0.2, 0) is 41.0 Å². The van der Waals surface area contributed by atoms with Crippen molar-refractivity contribution in [3.05, 3.63) is 42.5 Å². The van der Waals surface area contributed by atoms with Crippen LogP contribution < -0.4 is 5.73 Å². The summed E-state index contributed by atoms with van der Waals surface area (Å²) in [7, 11) is -17.8. The van der Waals surface area contributed by atoms with Crippen LogP contribution in [0.1, 0.15) is 0 Å². The van der Waals surface area contributed by atoms with Gasteiger partial charge in [0.15, 0.2) is 5.75 Å². The Hall–Kier alpha value is -3.53. The van der Waals surface area contributed by atoms with Crippen LogP contribution in [0.3, 0.4) is 0 Å². The molecule has 0 aliphatic carbocycles. The van der Waals surface area contributed by atoms with E-state index >= 15 is 0 Å². The highest BCUT2D eigenvalue weighted by Gasteiger charge is 2.24. The first-order chi connectivity index (χ1) is 16.3. The summed E-state index contributed by atoms with van der Waals surface area (Å²) >= 11 is 0. The molecule has 3 aromatic rings. The molecule has 0 unspecified atom stereocenters. The zero-order valence-electron chi connectivity index (χ0n) is 17.1. The molecule has 20 heteroatoms. The zero-order chi connectivity index (χ0) is 27.6. The lowest BCUT2D eigenvalue weighted by Crippen LogP contribution is -2.04. The van der Waals surface area contributed by atoms with Crippen molar-refractivity contribution in [1.29, 1.82) is 0 Å². The van der Waals surface area contributed by atoms with Crippen LogP contribution in [0.2, 0.25) is 0 Å². The average molecular weight is 584 g/mol. The molecule has 0 radical (unpaired) electrons. The van der Waals surface area contributed by atoms with E-state index in [1.54, 1.807) is 0 Å². The number of hydrogen-bond donors (Lipinski definition) is 5. The number of hydrogen-bond acceptors (Lipinski definition) is 13. The number of fused-ring (bicyclic) bond motifs is 1. The Labute approximate surface area is 204 Å². The largest absolute Gasteiger partial charge is 0.505 e. The maximum atomic E-state index is 11.8. The minimum Gasteiger partial charge on any atom is -0.505 e. The van der Waals surface area contributed by atoms with Gasteiger partial charge in [0.25, 0.3) is 30.4 Å². The number of rotatable bonds is 5. The first kappa shape index (κ1) is 28.7. The molecule has 3 aromatic carbocycles. The highest BCUT2D eigenvalue weighted by molar-refractivity contribution is 7.87. The number of nitrogen functional groups attached to an aromatic ring is 1. The third-order valence-electron chi connectivity index (χ3n) is 4.11. The molecule has 3 rings (SSSR count). The van der Waals surface area contributed by atoms with Crippen molar-refractivity contribution in [1.82, 2.24) is 0 Å². The molecular weight excluding hydrogens is 570 g/mol. The van der Waals surface area contributed by atoms with Crippen LogP contribution in [0, 0.1) is 0 Å². The van der Waals surface area contributed by atoms with Crippen molar-refractivity contribution in [3.8, 4) is 5.75 Å². The van der Waals surface area contributed by atoms with Crippen LogP contribution in [0.4, 0.5) is 17.1 Å². The summed E-state index contributed by atoms with van der Waals surface area (Å²) in [5.74, 6) is -0.863. The molecule has 0 spiro atoms. The minimum absolute atomic E-state index is 0.0699. The second-order valence-electron chi connectivity index (χ2n) is 6.51. The minimum atomic E-state index is -5.09. The molecule has 6 N–H and O–H groups in total. The molecule has 0 amide bonds. The second kappa shape index (κ2) is 10.2. The average Bonchev–Trinajstić information content (AvgIpc) is 2.70. The smallest absolute Gasteiger partial charge is 0.425 e. The Bertz CT molecular complexity index is 1830. The standard InChI is InChI=1S/C16H13N3O10S3.O3S/c17-9-2-4-13(31(24,25)26)12(6-9)19-18-11-3-1-8-5-10(30(21,22)23)7-14(32(27,28)29)15(8)16(11)20;1-4(2)3/h1-7,20H,17H2,(H,21,22,23)(H,24,25,26)(H,27,28,29);. The highest BCUT2D eigenvalue weighted by atomic mass is 32.2. The Morgan fingerprint density at radius 3 is 1.72 bits per heavy atom. The molecule has 194 valence electrons. The van der Waals surface area contributed by atoms with Crippen LogP contribution in [0.25, 0.3) is 10.8 Å². The van der Waals surface area contributed by atoms with E-state index in [0.29, 0.717) is 6.07 Å². The Morgan fingerprint density at radius 2 is 1.22 bits per heavy atom. The van der Waals surface area contributed by atoms with E-state index in [0.717, 1.165) is 30.3 Å². The lowest BCUT2D eigenvalue weighted by Gasteiger charge is -2.10. The van der Waals surface area contributed by atoms with Gasteiger partial charge in [-0.3, -0.25) is 13.7 Å². The van der Waals surface area contributed by atoms with Crippen molar-refractivity contribution in [2.75, 3.05) is 5.73 Å². The van der Waals surface area contributed by atoms with Crippen molar-refractivity contribution < 1.29 is 56.6 Å². The van der Waals surface area contributed by atoms with Gasteiger partial charge >= 0.3 is 10.6 Å². The van der Waals surface area contributed by atoms with E-state index in [-0.39, 0.29) is 11.1 Å². The Kier molecular flexibility index (Phi) is 8.15. The van der Waals surface area contributed by atoms with E-state index in [1.165, 1.54) is 6.07 Å². The van der Waals surface area contributed by atoms with Crippen LogP contribution >= 0.6 is 0 Å². The van der Waals surface area contributed by atoms with Crippen LogP contribution in [-0.4, -0.2) is 56.6 Å². The Morgan fingerprint density at radius 1 is 0.694 bits per heavy atom. The van der Waals surface area contributed by atoms with Crippen LogP contribution in [0.15, 0.2) is 67.4 Å². The molecule has 0 saturated heterocycles. The fraction of sp³-hybridized carbons (Fsp3) is 0. The zero-order valence-corrected chi connectivity index (χ0v) is 20.4. The summed E-state index contributed by atoms with van der Waals surface area (Å²) in [5.41, 5.74) is 4.83. The van der Waals surface area contributed by atoms with Crippen molar-refractivity contribution >= 4 is 68.8 Å². The number of anilines is 1. The van der Waals surface area contributed by atoms with Gasteiger partial charge in [-0.2, -0.15) is 25.3 Å². The molecule has 0 aliphatic rings. The topological polar surface area (TPSA) is 285 Å². The molecule has 0 bridgehead atoms. The van der Waals surface area contributed by atoms with Gasteiger partial charge in [0.05, 0.1) is 4.90 Å². The fourth-order valence-corrected chi connectivity index (χ4v) is 4.71. The fourth-order valence-electron chi connectivity index (χ4n) is 2.74. The van der Waals surface area contributed by atoms with Gasteiger partial charge in [-0.05, 0) is 41.8 Å². The molecule has 0 fully saturated rings. The molecule has 0 heterocycles. The van der Waals surface area contributed by atoms with E-state index in [2.05, 4.69) is 10.2 Å². The van der Waals surface area contributed by atoms with Crippen LogP contribution in [0.5, 0.6) is 5.75 Å². The molecule has 0 saturated carbocycles. The van der Waals surface area contributed by atoms with E-state index in [1.807, 2.05) is 0 Å². The van der Waals surface area contributed by atoms with Gasteiger partial charge < -0.3 is 10.8 Å². The van der Waals surface area contributed by atoms with Gasteiger partial charge in [0.1, 0.15) is 21.2 Å². The normalized spacial score (nSPS) is 12.3. The first-order valence-electron chi connectivity index (χ1n) is 8.62. The van der Waals surface area contributed by atoms with Gasteiger partial charge in [-0.25, -0.2) is 0 Å². The number of phenols is 1. The second-order valence-corrected chi connectivity index (χ2v) is 11.1. The summed E-state index contributed by atoms with van der Waals surface area (Å²) < 4.78 is 123. The van der Waals surface area contributed by atoms with Gasteiger partial charge in [-0.1, -0.05) is 6.07 Å². The van der Waals surface area contributed by atoms with Crippen molar-refractivity contribution in [2.24, 2.45) is 10.2 Å². The highest BCUT2D eigenvalue weighted by Crippen LogP contribution is 2.40. The summed E-state index contributed by atoms with van der Waals surface area (Å²) in [6.07, 6.45) is 0. The van der Waals surface area contributed by atoms with E-state index in [4.69, 9.17) is 18.4 Å². The molecule has 0 aliphatic heterocycles. The number of aromatic hydroxyl groups is 1. The summed E-state index contributed by atoms with van der Waals surface area (Å²) in [5, 5.41) is 17.0. The number of phenolic OH excluding ortho intramolecular Hbond substituents is 1. The monoisotopic (exact) mass is 583 g/mol. The van der Waals surface area contributed by atoms with Gasteiger partial charge in [0.2, 0.25) is 0 Å². The van der Waals surface area contributed by atoms with E-state index in [9.17, 15) is 44.0 Å². The number of nitrogens with two attached hydrogens (primary N) is 1. The van der Waals surface area contributed by atoms with Crippen molar-refractivity contribution in [2.45, 2.75) is 14.7 Å². The first-order valence-corrected chi connectivity index (χ1v) is 13.9. The third-order valence-corrected chi connectivity index (χ3v) is 6.72. The Balaban J connectivity index is 0.00000106. The third kappa shape index (κ3) is 7.00. The predicted octanol–water partition coefficient (Wildman–Crippen LogP) is 1.28. The quantitative estimate of drug-likeness (QED) is 0.161. The summed E-state index contributed by atoms with van der Waals surface area (Å²) in [4.78, 5) is -2.55. The maximum absolute atomic E-state index is 11.8. The summed E-state index contributed by atoms with van der Waals surface area (Å²) in [6, 6.07) is 6.66. The number of benzene rings is 3. The summed E-state index contributed by atoms with van der Waals surface area (Å²) in [6.45, 7) is 0. The SMILES string of the molecule is Nc1ccc(S(=O)(=O)O)c(N=Nc2ccc3cc(S(=O)(=O)O)cc(S(=O)(=O)O)c3c2O)c1.O=S(=O)=O.